The average molecular weight is 142 g/mol. The highest BCUT2D eigenvalue weighted by Gasteiger charge is 2.18. The second kappa shape index (κ2) is 3.35. The van der Waals surface area contributed by atoms with Crippen LogP contribution in [0.5, 0.6) is 0 Å². The fourth-order valence-electron chi connectivity index (χ4n) is 1.38. The van der Waals surface area contributed by atoms with Gasteiger partial charge in [-0.15, -0.1) is 0 Å². The van der Waals surface area contributed by atoms with Gasteiger partial charge in [0.1, 0.15) is 0 Å². The van der Waals surface area contributed by atoms with Crippen LogP contribution in [-0.2, 0) is 0 Å². The Balaban J connectivity index is 2.32. The second-order valence-electron chi connectivity index (χ2n) is 3.57. The van der Waals surface area contributed by atoms with Gasteiger partial charge in [-0.05, 0) is 13.0 Å². The van der Waals surface area contributed by atoms with Gasteiger partial charge in [-0.25, -0.2) is 0 Å². The van der Waals surface area contributed by atoms with E-state index in [1.165, 1.54) is 13.1 Å². The minimum absolute atomic E-state index is 0.707. The summed E-state index contributed by atoms with van der Waals surface area (Å²) in [7, 11) is 2.19. The smallest absolute Gasteiger partial charge is 0.0218 e. The van der Waals surface area contributed by atoms with Crippen LogP contribution in [-0.4, -0.2) is 37.6 Å². The number of hydrogen-bond donors (Lipinski definition) is 1. The lowest BCUT2D eigenvalue weighted by atomic mass is 10.0. The first-order valence-electron chi connectivity index (χ1n) is 4.12. The van der Waals surface area contributed by atoms with Crippen molar-refractivity contribution in [2.75, 3.05) is 26.7 Å². The first kappa shape index (κ1) is 8.02. The van der Waals surface area contributed by atoms with Gasteiger partial charge in [0.2, 0.25) is 0 Å². The molecule has 0 spiro atoms. The maximum Gasteiger partial charge on any atom is 0.0218 e. The van der Waals surface area contributed by atoms with Crippen LogP contribution in [0.3, 0.4) is 0 Å². The molecule has 0 unspecified atom stereocenters. The monoisotopic (exact) mass is 142 g/mol. The number of nitrogens with one attached hydrogen (secondary N) is 1. The summed E-state index contributed by atoms with van der Waals surface area (Å²) in [6.45, 7) is 8.11. The van der Waals surface area contributed by atoms with Crippen LogP contribution in [0.2, 0.25) is 0 Å². The summed E-state index contributed by atoms with van der Waals surface area (Å²) < 4.78 is 0. The Bertz CT molecular complexity index is 101. The Hall–Kier alpha value is -0.0800. The van der Waals surface area contributed by atoms with Crippen LogP contribution < -0.4 is 5.32 Å². The zero-order valence-corrected chi connectivity index (χ0v) is 7.22. The molecule has 0 aromatic rings. The van der Waals surface area contributed by atoms with Gasteiger partial charge >= 0.3 is 0 Å². The molecule has 1 N–H and O–H groups in total. The zero-order chi connectivity index (χ0) is 7.56. The number of nitrogens with zero attached hydrogens (tertiary/aromatic N) is 1. The van der Waals surface area contributed by atoms with Crippen LogP contribution in [0.25, 0.3) is 0 Å². The average Bonchev–Trinajstić information content (AvgIpc) is 1.88. The highest BCUT2D eigenvalue weighted by molar-refractivity contribution is 4.78. The van der Waals surface area contributed by atoms with E-state index in [4.69, 9.17) is 0 Å². The van der Waals surface area contributed by atoms with Crippen molar-refractivity contribution >= 4 is 0 Å². The van der Waals surface area contributed by atoms with Gasteiger partial charge in [0.25, 0.3) is 0 Å². The molecule has 0 bridgehead atoms. The molecule has 1 saturated heterocycles. The van der Waals surface area contributed by atoms with Crippen molar-refractivity contribution in [1.29, 1.82) is 0 Å². The molecule has 0 amide bonds. The lowest BCUT2D eigenvalue weighted by Gasteiger charge is -2.33. The van der Waals surface area contributed by atoms with E-state index in [1.807, 2.05) is 0 Å². The molecule has 1 atom stereocenters. The van der Waals surface area contributed by atoms with Crippen molar-refractivity contribution in [2.45, 2.75) is 19.9 Å². The standard InChI is InChI=1S/C8H18N2/c1-7(2)8-6-10(3)5-4-9-8/h7-9H,4-6H2,1-3H3/t8-/m0/s1. The minimum atomic E-state index is 0.707. The Labute approximate surface area is 63.6 Å². The quantitative estimate of drug-likeness (QED) is 0.575. The largest absolute Gasteiger partial charge is 0.311 e. The molecule has 0 aromatic heterocycles. The van der Waals surface area contributed by atoms with Gasteiger partial charge in [0.05, 0.1) is 0 Å². The molecule has 0 saturated carbocycles. The molecule has 2 nitrogen and oxygen atoms in total. The van der Waals surface area contributed by atoms with E-state index >= 15 is 0 Å². The molecule has 60 valence electrons. The summed E-state index contributed by atoms with van der Waals surface area (Å²) >= 11 is 0. The van der Waals surface area contributed by atoms with Gasteiger partial charge in [0.15, 0.2) is 0 Å². The summed E-state index contributed by atoms with van der Waals surface area (Å²) in [6, 6.07) is 0.707. The molecule has 1 heterocycles. The van der Waals surface area contributed by atoms with E-state index in [-0.39, 0.29) is 0 Å². The fraction of sp³-hybridized carbons (Fsp3) is 1.00. The van der Waals surface area contributed by atoms with Crippen molar-refractivity contribution in [3.63, 3.8) is 0 Å². The van der Waals surface area contributed by atoms with E-state index in [0.717, 1.165) is 12.5 Å². The van der Waals surface area contributed by atoms with Crippen LogP contribution in [0.1, 0.15) is 13.8 Å². The molecule has 1 rings (SSSR count). The van der Waals surface area contributed by atoms with Gasteiger partial charge < -0.3 is 10.2 Å². The van der Waals surface area contributed by atoms with E-state index in [2.05, 4.69) is 31.1 Å². The molecular weight excluding hydrogens is 124 g/mol. The summed E-state index contributed by atoms with van der Waals surface area (Å²) in [5.74, 6) is 0.766. The molecule has 1 fully saturated rings. The molecule has 10 heavy (non-hydrogen) atoms. The molecule has 0 aliphatic carbocycles. The van der Waals surface area contributed by atoms with Crippen molar-refractivity contribution < 1.29 is 0 Å². The van der Waals surface area contributed by atoms with E-state index in [1.54, 1.807) is 0 Å². The normalized spacial score (nSPS) is 29.4. The van der Waals surface area contributed by atoms with E-state index in [9.17, 15) is 0 Å². The van der Waals surface area contributed by atoms with E-state index in [0.29, 0.717) is 6.04 Å². The molecule has 2 heteroatoms. The third-order valence-corrected chi connectivity index (χ3v) is 2.21. The van der Waals surface area contributed by atoms with Crippen molar-refractivity contribution in [3.8, 4) is 0 Å². The van der Waals surface area contributed by atoms with Crippen molar-refractivity contribution in [1.82, 2.24) is 10.2 Å². The van der Waals surface area contributed by atoms with Gasteiger partial charge in [-0.1, -0.05) is 13.8 Å². The first-order valence-corrected chi connectivity index (χ1v) is 4.12. The number of piperazine rings is 1. The number of rotatable bonds is 1. The molecule has 1 aliphatic rings. The fourth-order valence-corrected chi connectivity index (χ4v) is 1.38. The Morgan fingerprint density at radius 2 is 2.20 bits per heavy atom. The van der Waals surface area contributed by atoms with Crippen LogP contribution in [0, 0.1) is 5.92 Å². The topological polar surface area (TPSA) is 15.3 Å². The Morgan fingerprint density at radius 3 is 2.60 bits per heavy atom. The number of hydrogen-bond acceptors (Lipinski definition) is 2. The van der Waals surface area contributed by atoms with Gasteiger partial charge in [-0.3, -0.25) is 0 Å². The molecule has 1 aliphatic heterocycles. The van der Waals surface area contributed by atoms with Gasteiger partial charge in [0, 0.05) is 25.7 Å². The van der Waals surface area contributed by atoms with Crippen LogP contribution in [0.4, 0.5) is 0 Å². The Kier molecular flexibility index (Phi) is 2.69. The summed E-state index contributed by atoms with van der Waals surface area (Å²) in [5, 5.41) is 3.51. The molecular formula is C8H18N2. The minimum Gasteiger partial charge on any atom is -0.311 e. The predicted octanol–water partition coefficient (Wildman–Crippen LogP) is 0.546. The SMILES string of the molecule is CC(C)[C@@H]1CN(C)CCN1. The Morgan fingerprint density at radius 1 is 1.50 bits per heavy atom. The highest BCUT2D eigenvalue weighted by Crippen LogP contribution is 2.05. The molecule has 0 radical (unpaired) electrons. The van der Waals surface area contributed by atoms with E-state index < -0.39 is 0 Å². The van der Waals surface area contributed by atoms with Crippen LogP contribution >= 0.6 is 0 Å². The summed E-state index contributed by atoms with van der Waals surface area (Å²) in [6.07, 6.45) is 0. The van der Waals surface area contributed by atoms with Gasteiger partial charge in [-0.2, -0.15) is 0 Å². The predicted molar refractivity (Wildman–Crippen MR) is 44.1 cm³/mol. The second-order valence-corrected chi connectivity index (χ2v) is 3.57. The third-order valence-electron chi connectivity index (χ3n) is 2.21. The third kappa shape index (κ3) is 1.96. The maximum absolute atomic E-state index is 3.51. The highest BCUT2D eigenvalue weighted by atomic mass is 15.2. The maximum atomic E-state index is 3.51. The summed E-state index contributed by atoms with van der Waals surface area (Å²) in [4.78, 5) is 2.39. The number of likely N-dealkylation sites (N-methyl/N-ethyl adjacent to an activating group) is 1. The van der Waals surface area contributed by atoms with Crippen molar-refractivity contribution in [3.05, 3.63) is 0 Å². The lowest BCUT2D eigenvalue weighted by molar-refractivity contribution is 0.207. The zero-order valence-electron chi connectivity index (χ0n) is 7.22. The molecule has 0 aromatic carbocycles. The van der Waals surface area contributed by atoms with Crippen LogP contribution in [0.15, 0.2) is 0 Å². The van der Waals surface area contributed by atoms with Crippen molar-refractivity contribution in [2.24, 2.45) is 5.92 Å². The first-order chi connectivity index (χ1) is 4.70. The summed E-state index contributed by atoms with van der Waals surface area (Å²) in [5.41, 5.74) is 0. The lowest BCUT2D eigenvalue weighted by Crippen LogP contribution is -2.51.